The summed E-state index contributed by atoms with van der Waals surface area (Å²) in [6, 6.07) is 5.37. The van der Waals surface area contributed by atoms with E-state index in [2.05, 4.69) is 15.2 Å². The molecule has 0 saturated carbocycles. The molecule has 7 heteroatoms. The van der Waals surface area contributed by atoms with Gasteiger partial charge in [0.15, 0.2) is 9.84 Å². The summed E-state index contributed by atoms with van der Waals surface area (Å²) in [5.74, 6) is 0.0334. The van der Waals surface area contributed by atoms with Crippen LogP contribution in [-0.2, 0) is 22.7 Å². The number of nitrogens with one attached hydrogen (secondary N) is 2. The highest BCUT2D eigenvalue weighted by atomic mass is 32.2. The number of rotatable bonds is 3. The summed E-state index contributed by atoms with van der Waals surface area (Å²) in [6.45, 7) is 1.85. The number of piperidine rings is 1. The van der Waals surface area contributed by atoms with E-state index in [1.807, 2.05) is 18.2 Å². The first-order valence-electron chi connectivity index (χ1n) is 10.9. The minimum absolute atomic E-state index is 0.0434. The van der Waals surface area contributed by atoms with E-state index in [1.54, 1.807) is 0 Å². The van der Waals surface area contributed by atoms with Crippen molar-refractivity contribution in [2.24, 2.45) is 0 Å². The number of nitrogens with zero attached hydrogens (tertiary/aromatic N) is 1. The van der Waals surface area contributed by atoms with Crippen molar-refractivity contribution in [3.63, 3.8) is 0 Å². The van der Waals surface area contributed by atoms with E-state index in [4.69, 9.17) is 0 Å². The van der Waals surface area contributed by atoms with Crippen LogP contribution in [0.15, 0.2) is 18.2 Å². The Labute approximate surface area is 172 Å². The number of aromatic nitrogens is 1. The molecule has 29 heavy (non-hydrogen) atoms. The van der Waals surface area contributed by atoms with Crippen LogP contribution < -0.4 is 5.32 Å². The fourth-order valence-electron chi connectivity index (χ4n) is 5.38. The van der Waals surface area contributed by atoms with Crippen LogP contribution in [0.4, 0.5) is 0 Å². The number of benzene rings is 1. The first kappa shape index (κ1) is 19.1. The van der Waals surface area contributed by atoms with Gasteiger partial charge in [-0.05, 0) is 75.4 Å². The smallest absolute Gasteiger partial charge is 0.251 e. The van der Waals surface area contributed by atoms with Crippen molar-refractivity contribution in [1.82, 2.24) is 15.2 Å². The van der Waals surface area contributed by atoms with Crippen molar-refractivity contribution >= 4 is 26.6 Å². The molecule has 2 unspecified atom stereocenters. The molecule has 2 aromatic rings. The summed E-state index contributed by atoms with van der Waals surface area (Å²) in [5, 5.41) is 4.20. The van der Waals surface area contributed by atoms with Gasteiger partial charge in [-0.25, -0.2) is 8.42 Å². The molecule has 0 bridgehead atoms. The second-order valence-electron chi connectivity index (χ2n) is 8.87. The quantitative estimate of drug-likeness (QED) is 0.807. The Morgan fingerprint density at radius 2 is 1.83 bits per heavy atom. The van der Waals surface area contributed by atoms with E-state index >= 15 is 0 Å². The van der Waals surface area contributed by atoms with Gasteiger partial charge in [-0.15, -0.1) is 0 Å². The van der Waals surface area contributed by atoms with Gasteiger partial charge >= 0.3 is 0 Å². The Morgan fingerprint density at radius 3 is 2.66 bits per heavy atom. The number of sulfone groups is 1. The van der Waals surface area contributed by atoms with E-state index in [0.717, 1.165) is 49.7 Å². The Balaban J connectivity index is 1.38. The standard InChI is InChI=1S/C22H29N3O3S/c26-22(15-8-9-19-17(12-15)16-6-2-3-7-18(16)23-19)24-20-13-29(27,28)14-21(20)25-10-4-1-5-11-25/h8-9,12,20-21,23H,1-7,10-11,13-14H2,(H,24,26). The zero-order valence-electron chi connectivity index (χ0n) is 16.7. The predicted molar refractivity (Wildman–Crippen MR) is 114 cm³/mol. The minimum atomic E-state index is -3.12. The largest absolute Gasteiger partial charge is 0.358 e. The molecule has 2 fully saturated rings. The average molecular weight is 416 g/mol. The molecular weight excluding hydrogens is 386 g/mol. The number of carbonyl (C=O) groups excluding carboxylic acids is 1. The lowest BCUT2D eigenvalue weighted by molar-refractivity contribution is 0.0900. The molecule has 2 aliphatic heterocycles. The van der Waals surface area contributed by atoms with Crippen molar-refractivity contribution in [3.05, 3.63) is 35.0 Å². The number of hydrogen-bond acceptors (Lipinski definition) is 4. The van der Waals surface area contributed by atoms with E-state index in [9.17, 15) is 13.2 Å². The summed E-state index contributed by atoms with van der Waals surface area (Å²) in [4.78, 5) is 18.8. The number of aryl methyl sites for hydroxylation is 2. The molecule has 3 aliphatic rings. The maximum Gasteiger partial charge on any atom is 0.251 e. The number of carbonyl (C=O) groups is 1. The van der Waals surface area contributed by atoms with Crippen molar-refractivity contribution in [3.8, 4) is 0 Å². The number of amides is 1. The third-order valence-electron chi connectivity index (χ3n) is 6.86. The molecule has 156 valence electrons. The summed E-state index contributed by atoms with van der Waals surface area (Å²) in [7, 11) is -3.12. The van der Waals surface area contributed by atoms with Crippen molar-refractivity contribution in [2.75, 3.05) is 24.6 Å². The number of hydrogen-bond donors (Lipinski definition) is 2. The summed E-state index contributed by atoms with van der Waals surface area (Å²) in [6.07, 6.45) is 7.93. The monoisotopic (exact) mass is 415 g/mol. The molecule has 1 aromatic heterocycles. The van der Waals surface area contributed by atoms with Crippen molar-refractivity contribution in [1.29, 1.82) is 0 Å². The molecule has 1 amide bonds. The lowest BCUT2D eigenvalue weighted by Crippen LogP contribution is -2.52. The van der Waals surface area contributed by atoms with Gasteiger partial charge < -0.3 is 10.3 Å². The molecule has 2 N–H and O–H groups in total. The highest BCUT2D eigenvalue weighted by molar-refractivity contribution is 7.91. The van der Waals surface area contributed by atoms with E-state index < -0.39 is 9.84 Å². The lowest BCUT2D eigenvalue weighted by Gasteiger charge is -2.35. The third kappa shape index (κ3) is 3.70. The molecular formula is C22H29N3O3S. The first-order chi connectivity index (χ1) is 14.0. The molecule has 6 nitrogen and oxygen atoms in total. The van der Waals surface area contributed by atoms with Gasteiger partial charge in [0.2, 0.25) is 0 Å². The maximum absolute atomic E-state index is 13.0. The van der Waals surface area contributed by atoms with Crippen LogP contribution in [-0.4, -0.2) is 60.9 Å². The Kier molecular flexibility index (Phi) is 4.90. The van der Waals surface area contributed by atoms with Gasteiger partial charge in [0.1, 0.15) is 0 Å². The summed E-state index contributed by atoms with van der Waals surface area (Å²) < 4.78 is 24.7. The SMILES string of the molecule is O=C(NC1CS(=O)(=O)CC1N1CCCCC1)c1ccc2[nH]c3c(c2c1)CCCC3. The molecule has 2 atom stereocenters. The second-order valence-corrected chi connectivity index (χ2v) is 11.0. The Hall–Kier alpha value is -1.86. The van der Waals surface area contributed by atoms with Crippen LogP contribution in [0.25, 0.3) is 10.9 Å². The van der Waals surface area contributed by atoms with Crippen LogP contribution >= 0.6 is 0 Å². The van der Waals surface area contributed by atoms with Crippen molar-refractivity contribution < 1.29 is 13.2 Å². The normalized spacial score (nSPS) is 27.0. The fraction of sp³-hybridized carbons (Fsp3) is 0.591. The Bertz CT molecular complexity index is 1040. The zero-order valence-corrected chi connectivity index (χ0v) is 17.6. The minimum Gasteiger partial charge on any atom is -0.358 e. The molecule has 0 radical (unpaired) electrons. The third-order valence-corrected chi connectivity index (χ3v) is 8.58. The molecule has 1 aromatic carbocycles. The number of aromatic amines is 1. The highest BCUT2D eigenvalue weighted by Crippen LogP contribution is 2.30. The molecule has 1 aliphatic carbocycles. The van der Waals surface area contributed by atoms with E-state index in [0.29, 0.717) is 5.56 Å². The van der Waals surface area contributed by atoms with Gasteiger partial charge in [0.05, 0.1) is 17.5 Å². The number of likely N-dealkylation sites (tertiary alicyclic amines) is 1. The molecule has 2 saturated heterocycles. The highest BCUT2D eigenvalue weighted by Gasteiger charge is 2.42. The lowest BCUT2D eigenvalue weighted by atomic mass is 9.95. The van der Waals surface area contributed by atoms with Gasteiger partial charge in [0.25, 0.3) is 5.91 Å². The van der Waals surface area contributed by atoms with Crippen LogP contribution in [0, 0.1) is 0 Å². The van der Waals surface area contributed by atoms with Crippen LogP contribution in [0.1, 0.15) is 53.7 Å². The fourth-order valence-corrected chi connectivity index (χ4v) is 7.33. The zero-order chi connectivity index (χ0) is 20.0. The van der Waals surface area contributed by atoms with Crippen molar-refractivity contribution in [2.45, 2.75) is 57.0 Å². The molecule has 3 heterocycles. The summed E-state index contributed by atoms with van der Waals surface area (Å²) in [5.41, 5.74) is 4.35. The van der Waals surface area contributed by atoms with Crippen LogP contribution in [0.2, 0.25) is 0 Å². The van der Waals surface area contributed by atoms with Crippen LogP contribution in [0.3, 0.4) is 0 Å². The van der Waals surface area contributed by atoms with E-state index in [1.165, 1.54) is 30.5 Å². The Morgan fingerprint density at radius 1 is 1.03 bits per heavy atom. The average Bonchev–Trinajstić information content (AvgIpc) is 3.24. The van der Waals surface area contributed by atoms with Gasteiger partial charge in [-0.3, -0.25) is 9.69 Å². The predicted octanol–water partition coefficient (Wildman–Crippen LogP) is 2.43. The first-order valence-corrected chi connectivity index (χ1v) is 12.7. The van der Waals surface area contributed by atoms with Gasteiger partial charge in [-0.2, -0.15) is 0 Å². The number of H-pyrrole nitrogens is 1. The summed E-state index contributed by atoms with van der Waals surface area (Å²) >= 11 is 0. The molecule has 5 rings (SSSR count). The van der Waals surface area contributed by atoms with Gasteiger partial charge in [-0.1, -0.05) is 6.42 Å². The second kappa shape index (κ2) is 7.43. The number of fused-ring (bicyclic) bond motifs is 3. The van der Waals surface area contributed by atoms with Gasteiger partial charge in [0, 0.05) is 28.2 Å². The van der Waals surface area contributed by atoms with E-state index in [-0.39, 0.29) is 29.5 Å². The topological polar surface area (TPSA) is 82.3 Å². The van der Waals surface area contributed by atoms with Crippen LogP contribution in [0.5, 0.6) is 0 Å². The maximum atomic E-state index is 13.0. The molecule has 0 spiro atoms.